The van der Waals surface area contributed by atoms with Gasteiger partial charge < -0.3 is 5.32 Å². The van der Waals surface area contributed by atoms with Crippen molar-refractivity contribution in [1.82, 2.24) is 15.1 Å². The Hall–Kier alpha value is -0.650. The smallest absolute Gasteiger partial charge is 0.0534 e. The predicted octanol–water partition coefficient (Wildman–Crippen LogP) is 3.02. The zero-order valence-electron chi connectivity index (χ0n) is 9.11. The first-order valence-corrected chi connectivity index (χ1v) is 6.90. The van der Waals surface area contributed by atoms with E-state index < -0.39 is 0 Å². The lowest BCUT2D eigenvalue weighted by atomic mass is 10.3. The number of nitrogens with one attached hydrogen (secondary N) is 1. The zero-order chi connectivity index (χ0) is 11.4. The Bertz CT molecular complexity index is 450. The fourth-order valence-corrected chi connectivity index (χ4v) is 2.90. The molecule has 0 fully saturated rings. The number of aromatic nitrogens is 2. The van der Waals surface area contributed by atoms with E-state index in [4.69, 9.17) is 0 Å². The normalized spacial score (nSPS) is 10.9. The molecule has 0 aliphatic rings. The molecule has 0 unspecified atom stereocenters. The Morgan fingerprint density at radius 1 is 1.50 bits per heavy atom. The lowest BCUT2D eigenvalue weighted by Gasteiger charge is -2.01. The molecular formula is C11H14BrN3S. The van der Waals surface area contributed by atoms with Crippen molar-refractivity contribution in [2.75, 3.05) is 0 Å². The molecule has 1 N–H and O–H groups in total. The molecule has 0 aliphatic carbocycles. The summed E-state index contributed by atoms with van der Waals surface area (Å²) in [5.41, 5.74) is 1.23. The molecule has 0 aliphatic heterocycles. The maximum absolute atomic E-state index is 4.24. The van der Waals surface area contributed by atoms with Crippen molar-refractivity contribution < 1.29 is 0 Å². The van der Waals surface area contributed by atoms with Gasteiger partial charge in [-0.1, -0.05) is 0 Å². The van der Waals surface area contributed by atoms with Gasteiger partial charge in [0.2, 0.25) is 0 Å². The Morgan fingerprint density at radius 2 is 2.38 bits per heavy atom. The molecule has 0 bridgehead atoms. The predicted molar refractivity (Wildman–Crippen MR) is 70.5 cm³/mol. The van der Waals surface area contributed by atoms with Crippen LogP contribution in [0.3, 0.4) is 0 Å². The number of aryl methyl sites for hydroxylation is 1. The highest BCUT2D eigenvalue weighted by Gasteiger charge is 2.01. The number of hydrogen-bond donors (Lipinski definition) is 1. The third-order valence-corrected chi connectivity index (χ3v) is 4.24. The molecule has 0 spiro atoms. The summed E-state index contributed by atoms with van der Waals surface area (Å²) in [6.07, 6.45) is 4.00. The van der Waals surface area contributed by atoms with Gasteiger partial charge in [-0.2, -0.15) is 5.10 Å². The quantitative estimate of drug-likeness (QED) is 0.920. The van der Waals surface area contributed by atoms with E-state index in [1.807, 2.05) is 10.9 Å². The molecule has 0 aromatic carbocycles. The molecule has 3 nitrogen and oxygen atoms in total. The maximum Gasteiger partial charge on any atom is 0.0534 e. The molecule has 0 radical (unpaired) electrons. The molecule has 2 aromatic heterocycles. The van der Waals surface area contributed by atoms with Crippen LogP contribution in [-0.4, -0.2) is 9.78 Å². The third kappa shape index (κ3) is 2.93. The molecule has 0 saturated carbocycles. The summed E-state index contributed by atoms with van der Waals surface area (Å²) in [6.45, 7) is 4.78. The Kier molecular flexibility index (Phi) is 4.15. The number of nitrogens with zero attached hydrogens (tertiary/aromatic N) is 2. The minimum Gasteiger partial charge on any atom is -0.308 e. The fraction of sp³-hybridized carbons (Fsp3) is 0.364. The minimum atomic E-state index is 0.865. The SMILES string of the molecule is CCn1cc(CNCc2sccc2Br)cn1. The average molecular weight is 300 g/mol. The first kappa shape index (κ1) is 11.8. The van der Waals surface area contributed by atoms with Crippen molar-refractivity contribution in [3.05, 3.63) is 38.8 Å². The standard InChI is InChI=1S/C11H14BrN3S/c1-2-15-8-9(6-14-15)5-13-7-11-10(12)3-4-16-11/h3-4,6,8,13H,2,5,7H2,1H3. The molecule has 0 atom stereocenters. The highest BCUT2D eigenvalue weighted by atomic mass is 79.9. The molecule has 0 amide bonds. The van der Waals surface area contributed by atoms with E-state index in [1.165, 1.54) is 14.9 Å². The van der Waals surface area contributed by atoms with Crippen LogP contribution < -0.4 is 5.32 Å². The van der Waals surface area contributed by atoms with Crippen LogP contribution in [0, 0.1) is 0 Å². The zero-order valence-corrected chi connectivity index (χ0v) is 11.5. The van der Waals surface area contributed by atoms with Gasteiger partial charge in [0.05, 0.1) is 6.20 Å². The van der Waals surface area contributed by atoms with Gasteiger partial charge in [-0.15, -0.1) is 11.3 Å². The van der Waals surface area contributed by atoms with Crippen LogP contribution in [0.15, 0.2) is 28.3 Å². The van der Waals surface area contributed by atoms with Crippen molar-refractivity contribution in [3.8, 4) is 0 Å². The Morgan fingerprint density at radius 3 is 3.00 bits per heavy atom. The summed E-state index contributed by atoms with van der Waals surface area (Å²) in [5, 5.41) is 9.74. The molecule has 86 valence electrons. The summed E-state index contributed by atoms with van der Waals surface area (Å²) >= 11 is 5.29. The van der Waals surface area contributed by atoms with Gasteiger partial charge in [-0.25, -0.2) is 0 Å². The molecule has 2 aromatic rings. The summed E-state index contributed by atoms with van der Waals surface area (Å²) in [4.78, 5) is 1.34. The van der Waals surface area contributed by atoms with Gasteiger partial charge >= 0.3 is 0 Å². The number of thiophene rings is 1. The van der Waals surface area contributed by atoms with Crippen LogP contribution in [0.5, 0.6) is 0 Å². The van der Waals surface area contributed by atoms with Gasteiger partial charge in [0.1, 0.15) is 0 Å². The van der Waals surface area contributed by atoms with E-state index in [-0.39, 0.29) is 0 Å². The first-order valence-electron chi connectivity index (χ1n) is 5.23. The third-order valence-electron chi connectivity index (χ3n) is 2.32. The summed E-state index contributed by atoms with van der Waals surface area (Å²) in [7, 11) is 0. The second-order valence-electron chi connectivity index (χ2n) is 3.50. The van der Waals surface area contributed by atoms with Gasteiger partial charge in [-0.3, -0.25) is 4.68 Å². The molecule has 0 saturated heterocycles. The van der Waals surface area contributed by atoms with Crippen LogP contribution in [0.25, 0.3) is 0 Å². The molecule has 5 heteroatoms. The second-order valence-corrected chi connectivity index (χ2v) is 5.35. The van der Waals surface area contributed by atoms with Gasteiger partial charge in [0.25, 0.3) is 0 Å². The molecule has 2 heterocycles. The van der Waals surface area contributed by atoms with Crippen LogP contribution >= 0.6 is 27.3 Å². The molecular weight excluding hydrogens is 286 g/mol. The summed E-state index contributed by atoms with van der Waals surface area (Å²) < 4.78 is 3.13. The topological polar surface area (TPSA) is 29.9 Å². The fourth-order valence-electron chi connectivity index (χ4n) is 1.44. The molecule has 16 heavy (non-hydrogen) atoms. The number of hydrogen-bond acceptors (Lipinski definition) is 3. The summed E-state index contributed by atoms with van der Waals surface area (Å²) in [5.74, 6) is 0. The number of rotatable bonds is 5. The average Bonchev–Trinajstić information content (AvgIpc) is 2.89. The highest BCUT2D eigenvalue weighted by molar-refractivity contribution is 9.10. The Labute approximate surface area is 108 Å². The van der Waals surface area contributed by atoms with Crippen LogP contribution in [-0.2, 0) is 19.6 Å². The maximum atomic E-state index is 4.24. The Balaban J connectivity index is 1.82. The second kappa shape index (κ2) is 5.61. The monoisotopic (exact) mass is 299 g/mol. The van der Waals surface area contributed by atoms with E-state index >= 15 is 0 Å². The van der Waals surface area contributed by atoms with Crippen molar-refractivity contribution in [3.63, 3.8) is 0 Å². The minimum absolute atomic E-state index is 0.865. The van der Waals surface area contributed by atoms with Crippen LogP contribution in [0.4, 0.5) is 0 Å². The van der Waals surface area contributed by atoms with Gasteiger partial charge in [0.15, 0.2) is 0 Å². The van der Waals surface area contributed by atoms with Crippen molar-refractivity contribution in [1.29, 1.82) is 0 Å². The van der Waals surface area contributed by atoms with Crippen LogP contribution in [0.2, 0.25) is 0 Å². The largest absolute Gasteiger partial charge is 0.308 e. The van der Waals surface area contributed by atoms with Crippen molar-refractivity contribution >= 4 is 27.3 Å². The first-order chi connectivity index (χ1) is 7.79. The van der Waals surface area contributed by atoms with E-state index in [0.29, 0.717) is 0 Å². The summed E-state index contributed by atoms with van der Waals surface area (Å²) in [6, 6.07) is 2.08. The van der Waals surface area contributed by atoms with Gasteiger partial charge in [-0.05, 0) is 34.3 Å². The van der Waals surface area contributed by atoms with Crippen molar-refractivity contribution in [2.24, 2.45) is 0 Å². The highest BCUT2D eigenvalue weighted by Crippen LogP contribution is 2.22. The number of halogens is 1. The van der Waals surface area contributed by atoms with E-state index in [2.05, 4.69) is 50.9 Å². The van der Waals surface area contributed by atoms with E-state index in [1.54, 1.807) is 11.3 Å². The van der Waals surface area contributed by atoms with E-state index in [0.717, 1.165) is 19.6 Å². The molecule has 2 rings (SSSR count). The van der Waals surface area contributed by atoms with Crippen LogP contribution in [0.1, 0.15) is 17.4 Å². The lowest BCUT2D eigenvalue weighted by molar-refractivity contribution is 0.656. The lowest BCUT2D eigenvalue weighted by Crippen LogP contribution is -2.11. The van der Waals surface area contributed by atoms with E-state index in [9.17, 15) is 0 Å². The van der Waals surface area contributed by atoms with Gasteiger partial charge in [0, 0.05) is 40.7 Å². The van der Waals surface area contributed by atoms with Crippen molar-refractivity contribution in [2.45, 2.75) is 26.6 Å².